The summed E-state index contributed by atoms with van der Waals surface area (Å²) < 4.78 is 0. The van der Waals surface area contributed by atoms with Gasteiger partial charge >= 0.3 is 0 Å². The molecular formula is C5H13NO. The Morgan fingerprint density at radius 1 is 1.71 bits per heavy atom. The molecule has 0 heterocycles. The van der Waals surface area contributed by atoms with Gasteiger partial charge in [-0.3, -0.25) is 0 Å². The van der Waals surface area contributed by atoms with Gasteiger partial charge in [-0.05, 0) is 13.3 Å². The van der Waals surface area contributed by atoms with Crippen LogP contribution < -0.4 is 5.73 Å². The smallest absolute Gasteiger partial charge is 0.106 e. The Morgan fingerprint density at radius 2 is 1.86 bits per heavy atom. The maximum Gasteiger partial charge on any atom is 0.106 e. The lowest BCUT2D eigenvalue weighted by Crippen LogP contribution is -2.11. The second-order valence-corrected chi connectivity index (χ2v) is 1.39. The monoisotopic (exact) mass is 103 g/mol. The number of rotatable bonds is 1. The predicted octanol–water partition coefficient (Wildman–Crippen LogP) is 0.559. The van der Waals surface area contributed by atoms with E-state index in [2.05, 4.69) is 6.92 Å². The van der Waals surface area contributed by atoms with Crippen LogP contribution in [0.5, 0.6) is 0 Å². The summed E-state index contributed by atoms with van der Waals surface area (Å²) in [5.41, 5.74) is 5.29. The van der Waals surface area contributed by atoms with Crippen molar-refractivity contribution < 1.29 is 4.79 Å². The van der Waals surface area contributed by atoms with Crippen molar-refractivity contribution in [1.29, 1.82) is 0 Å². The minimum atomic E-state index is 0.384. The number of carbonyl (C=O) groups is 1. The summed E-state index contributed by atoms with van der Waals surface area (Å²) >= 11 is 0. The van der Waals surface area contributed by atoms with Gasteiger partial charge in [-0.25, -0.2) is 0 Å². The molecule has 7 heavy (non-hydrogen) atoms. The molecule has 0 spiro atoms. The number of hydrogen-bond acceptors (Lipinski definition) is 2. The third kappa shape index (κ3) is 27.9. The SMILES string of the molecule is C=O.CCC(C)N. The van der Waals surface area contributed by atoms with Crippen molar-refractivity contribution in [2.75, 3.05) is 0 Å². The largest absolute Gasteiger partial charge is 0.328 e. The summed E-state index contributed by atoms with van der Waals surface area (Å²) in [5, 5.41) is 0. The second kappa shape index (κ2) is 9.16. The first kappa shape index (κ1) is 9.80. The molecule has 2 nitrogen and oxygen atoms in total. The molecule has 0 aliphatic rings. The minimum Gasteiger partial charge on any atom is -0.328 e. The van der Waals surface area contributed by atoms with Crippen LogP contribution >= 0.6 is 0 Å². The zero-order chi connectivity index (χ0) is 6.28. The van der Waals surface area contributed by atoms with Gasteiger partial charge in [-0.1, -0.05) is 6.92 Å². The normalized spacial score (nSPS) is 11.3. The van der Waals surface area contributed by atoms with Crippen LogP contribution in [-0.4, -0.2) is 12.8 Å². The molecule has 0 aromatic carbocycles. The lowest BCUT2D eigenvalue weighted by Gasteiger charge is -1.91. The highest BCUT2D eigenvalue weighted by Gasteiger charge is 1.79. The van der Waals surface area contributed by atoms with Gasteiger partial charge in [0.05, 0.1) is 0 Å². The number of hydrogen-bond donors (Lipinski definition) is 1. The van der Waals surface area contributed by atoms with E-state index >= 15 is 0 Å². The zero-order valence-corrected chi connectivity index (χ0v) is 4.98. The van der Waals surface area contributed by atoms with Gasteiger partial charge < -0.3 is 10.5 Å². The van der Waals surface area contributed by atoms with E-state index in [0.717, 1.165) is 6.42 Å². The topological polar surface area (TPSA) is 43.1 Å². The van der Waals surface area contributed by atoms with E-state index in [-0.39, 0.29) is 0 Å². The summed E-state index contributed by atoms with van der Waals surface area (Å²) in [6.45, 7) is 6.07. The van der Waals surface area contributed by atoms with Crippen LogP contribution in [0.25, 0.3) is 0 Å². The van der Waals surface area contributed by atoms with Crippen LogP contribution in [0.3, 0.4) is 0 Å². The summed E-state index contributed by atoms with van der Waals surface area (Å²) in [4.78, 5) is 8.00. The van der Waals surface area contributed by atoms with Crippen molar-refractivity contribution in [2.45, 2.75) is 26.3 Å². The molecule has 0 rings (SSSR count). The molecule has 0 fully saturated rings. The Morgan fingerprint density at radius 3 is 1.86 bits per heavy atom. The van der Waals surface area contributed by atoms with Crippen LogP contribution in [0.2, 0.25) is 0 Å². The molecule has 2 heteroatoms. The Kier molecular flexibility index (Phi) is 12.8. The first-order valence-corrected chi connectivity index (χ1v) is 2.31. The predicted molar refractivity (Wildman–Crippen MR) is 31.1 cm³/mol. The Hall–Kier alpha value is -0.370. The first-order chi connectivity index (χ1) is 3.27. The lowest BCUT2D eigenvalue weighted by atomic mass is 10.3. The highest BCUT2D eigenvalue weighted by molar-refractivity contribution is 5.10. The fourth-order valence-electron chi connectivity index (χ4n) is 0. The van der Waals surface area contributed by atoms with Crippen molar-refractivity contribution in [1.82, 2.24) is 0 Å². The number of nitrogens with two attached hydrogens (primary N) is 1. The van der Waals surface area contributed by atoms with E-state index in [0.29, 0.717) is 6.04 Å². The average Bonchev–Trinajstić information content (AvgIpc) is 1.73. The molecular weight excluding hydrogens is 90.1 g/mol. The van der Waals surface area contributed by atoms with E-state index in [4.69, 9.17) is 10.5 Å². The van der Waals surface area contributed by atoms with E-state index in [1.54, 1.807) is 0 Å². The maximum absolute atomic E-state index is 8.00. The van der Waals surface area contributed by atoms with Gasteiger partial charge in [-0.15, -0.1) is 0 Å². The van der Waals surface area contributed by atoms with Crippen LogP contribution in [0.4, 0.5) is 0 Å². The van der Waals surface area contributed by atoms with Crippen molar-refractivity contribution >= 4 is 6.79 Å². The molecule has 1 unspecified atom stereocenters. The fourth-order valence-corrected chi connectivity index (χ4v) is 0. The van der Waals surface area contributed by atoms with Crippen LogP contribution in [-0.2, 0) is 4.79 Å². The zero-order valence-electron chi connectivity index (χ0n) is 4.98. The van der Waals surface area contributed by atoms with E-state index in [1.165, 1.54) is 0 Å². The molecule has 0 aliphatic heterocycles. The highest BCUT2D eigenvalue weighted by atomic mass is 16.1. The minimum absolute atomic E-state index is 0.384. The van der Waals surface area contributed by atoms with E-state index in [1.807, 2.05) is 13.7 Å². The lowest BCUT2D eigenvalue weighted by molar-refractivity contribution is -0.0979. The Bertz CT molecular complexity index is 29.3. The quantitative estimate of drug-likeness (QED) is 0.527. The van der Waals surface area contributed by atoms with E-state index in [9.17, 15) is 0 Å². The highest BCUT2D eigenvalue weighted by Crippen LogP contribution is 1.77. The van der Waals surface area contributed by atoms with Gasteiger partial charge in [0.25, 0.3) is 0 Å². The molecule has 0 amide bonds. The van der Waals surface area contributed by atoms with Crippen molar-refractivity contribution in [2.24, 2.45) is 5.73 Å². The van der Waals surface area contributed by atoms with Crippen molar-refractivity contribution in [3.8, 4) is 0 Å². The molecule has 0 aromatic heterocycles. The van der Waals surface area contributed by atoms with Crippen LogP contribution in [0.1, 0.15) is 20.3 Å². The summed E-state index contributed by atoms with van der Waals surface area (Å²) in [5.74, 6) is 0. The second-order valence-electron chi connectivity index (χ2n) is 1.39. The van der Waals surface area contributed by atoms with Crippen LogP contribution in [0, 0.1) is 0 Å². The summed E-state index contributed by atoms with van der Waals surface area (Å²) in [7, 11) is 0. The Balaban J connectivity index is 0. The molecule has 0 aliphatic carbocycles. The third-order valence-electron chi connectivity index (χ3n) is 0.644. The molecule has 0 saturated carbocycles. The molecule has 1 atom stereocenters. The van der Waals surface area contributed by atoms with Crippen LogP contribution in [0.15, 0.2) is 0 Å². The number of carbonyl (C=O) groups excluding carboxylic acids is 1. The average molecular weight is 103 g/mol. The first-order valence-electron chi connectivity index (χ1n) is 2.31. The molecule has 0 saturated heterocycles. The third-order valence-corrected chi connectivity index (χ3v) is 0.644. The molecule has 0 bridgehead atoms. The molecule has 0 aromatic rings. The summed E-state index contributed by atoms with van der Waals surface area (Å²) in [6, 6.07) is 0.384. The van der Waals surface area contributed by atoms with Crippen molar-refractivity contribution in [3.05, 3.63) is 0 Å². The van der Waals surface area contributed by atoms with Crippen molar-refractivity contribution in [3.63, 3.8) is 0 Å². The van der Waals surface area contributed by atoms with Gasteiger partial charge in [0.2, 0.25) is 0 Å². The standard InChI is InChI=1S/C4H11N.CH2O/c1-3-4(2)5;1-2/h4H,3,5H2,1-2H3;1H2. The van der Waals surface area contributed by atoms with Gasteiger partial charge in [0, 0.05) is 6.04 Å². The molecule has 2 N–H and O–H groups in total. The van der Waals surface area contributed by atoms with Gasteiger partial charge in [0.15, 0.2) is 0 Å². The van der Waals surface area contributed by atoms with Gasteiger partial charge in [-0.2, -0.15) is 0 Å². The maximum atomic E-state index is 8.00. The van der Waals surface area contributed by atoms with E-state index < -0.39 is 0 Å². The Labute approximate surface area is 44.7 Å². The van der Waals surface area contributed by atoms with Gasteiger partial charge in [0.1, 0.15) is 6.79 Å². The molecule has 44 valence electrons. The summed E-state index contributed by atoms with van der Waals surface area (Å²) in [6.07, 6.45) is 1.08. The molecule has 0 radical (unpaired) electrons. The fraction of sp³-hybridized carbons (Fsp3) is 0.800.